The van der Waals surface area contributed by atoms with Crippen LogP contribution in [0.2, 0.25) is 0 Å². The number of hydrogen-bond acceptors (Lipinski definition) is 2. The number of hydrogen-bond donors (Lipinski definition) is 1. The molecule has 1 unspecified atom stereocenters. The predicted octanol–water partition coefficient (Wildman–Crippen LogP) is 1.11. The predicted molar refractivity (Wildman–Crippen MR) is 62.5 cm³/mol. The molecule has 0 aliphatic carbocycles. The maximum absolute atomic E-state index is 11.6. The second-order valence-corrected chi connectivity index (χ2v) is 3.55. The molecule has 1 N–H and O–H groups in total. The van der Waals surface area contributed by atoms with Crippen molar-refractivity contribution in [2.45, 2.75) is 13.0 Å². The van der Waals surface area contributed by atoms with Crippen LogP contribution in [0.5, 0.6) is 0 Å². The van der Waals surface area contributed by atoms with Gasteiger partial charge in [0.15, 0.2) is 0 Å². The van der Waals surface area contributed by atoms with Crippen LogP contribution in [-0.4, -0.2) is 36.5 Å². The lowest BCUT2D eigenvalue weighted by Crippen LogP contribution is -2.51. The Kier molecular flexibility index (Phi) is 4.31. The summed E-state index contributed by atoms with van der Waals surface area (Å²) >= 11 is 0. The molecule has 3 nitrogen and oxygen atoms in total. The van der Waals surface area contributed by atoms with Crippen LogP contribution in [0, 0.1) is 0 Å². The highest BCUT2D eigenvalue weighted by molar-refractivity contribution is 5.79. The van der Waals surface area contributed by atoms with Gasteiger partial charge in [-0.25, -0.2) is 0 Å². The van der Waals surface area contributed by atoms with E-state index in [1.54, 1.807) is 12.2 Å². The summed E-state index contributed by atoms with van der Waals surface area (Å²) in [5.74, 6) is 0.144. The minimum absolute atomic E-state index is 0.0788. The van der Waals surface area contributed by atoms with Gasteiger partial charge in [0.1, 0.15) is 0 Å². The minimum atomic E-state index is 0.0788. The van der Waals surface area contributed by atoms with Crippen LogP contribution in [0.3, 0.4) is 0 Å². The van der Waals surface area contributed by atoms with Crippen molar-refractivity contribution < 1.29 is 4.79 Å². The van der Waals surface area contributed by atoms with Gasteiger partial charge in [-0.1, -0.05) is 31.4 Å². The minimum Gasteiger partial charge on any atom is -0.334 e. The molecular formula is C12H18N2O. The molecule has 3 heteroatoms. The third-order valence-electron chi connectivity index (χ3n) is 2.62. The van der Waals surface area contributed by atoms with Gasteiger partial charge in [0.05, 0.1) is 12.6 Å². The van der Waals surface area contributed by atoms with Crippen molar-refractivity contribution in [3.05, 3.63) is 37.0 Å². The van der Waals surface area contributed by atoms with Gasteiger partial charge < -0.3 is 10.2 Å². The van der Waals surface area contributed by atoms with Gasteiger partial charge in [-0.2, -0.15) is 0 Å². The second-order valence-electron chi connectivity index (χ2n) is 3.55. The lowest BCUT2D eigenvalue weighted by atomic mass is 10.1. The van der Waals surface area contributed by atoms with E-state index in [0.717, 1.165) is 18.7 Å². The smallest absolute Gasteiger partial charge is 0.237 e. The molecule has 1 amide bonds. The first-order valence-electron chi connectivity index (χ1n) is 5.16. The van der Waals surface area contributed by atoms with Crippen molar-refractivity contribution >= 4 is 5.91 Å². The van der Waals surface area contributed by atoms with Crippen LogP contribution < -0.4 is 5.32 Å². The molecule has 0 aromatic rings. The Hall–Kier alpha value is -1.35. The number of piperazine rings is 1. The maximum atomic E-state index is 11.6. The number of allylic oxidation sites excluding steroid dienone is 2. The fourth-order valence-corrected chi connectivity index (χ4v) is 1.72. The fraction of sp³-hybridized carbons (Fsp3) is 0.417. The first-order chi connectivity index (χ1) is 7.20. The second kappa shape index (κ2) is 5.51. The average molecular weight is 206 g/mol. The van der Waals surface area contributed by atoms with Gasteiger partial charge in [0.2, 0.25) is 5.91 Å². The number of nitrogens with zero attached hydrogens (tertiary/aromatic N) is 1. The fourth-order valence-electron chi connectivity index (χ4n) is 1.72. The summed E-state index contributed by atoms with van der Waals surface area (Å²) in [5.41, 5.74) is 1.03. The van der Waals surface area contributed by atoms with Gasteiger partial charge >= 0.3 is 0 Å². The summed E-state index contributed by atoms with van der Waals surface area (Å²) in [6.07, 6.45) is 5.40. The summed E-state index contributed by atoms with van der Waals surface area (Å²) < 4.78 is 0. The van der Waals surface area contributed by atoms with Crippen molar-refractivity contribution in [1.82, 2.24) is 10.2 Å². The SMILES string of the molecule is C=CC=C(C=C)C(C)N1CCNCC1=O. The van der Waals surface area contributed by atoms with E-state index in [1.807, 2.05) is 17.9 Å². The molecule has 0 saturated carbocycles. The van der Waals surface area contributed by atoms with E-state index < -0.39 is 0 Å². The number of rotatable bonds is 4. The third kappa shape index (κ3) is 2.80. The van der Waals surface area contributed by atoms with E-state index in [4.69, 9.17) is 0 Å². The number of nitrogens with one attached hydrogen (secondary N) is 1. The Morgan fingerprint density at radius 3 is 2.87 bits per heavy atom. The Morgan fingerprint density at radius 1 is 1.60 bits per heavy atom. The molecule has 1 rings (SSSR count). The van der Waals surface area contributed by atoms with Crippen molar-refractivity contribution in [2.24, 2.45) is 0 Å². The molecule has 1 aliphatic rings. The zero-order chi connectivity index (χ0) is 11.3. The quantitative estimate of drug-likeness (QED) is 0.699. The standard InChI is InChI=1S/C12H18N2O/c1-4-6-11(5-2)10(3)14-8-7-13-9-12(14)15/h4-6,10,13H,1-2,7-9H2,3H3. The van der Waals surface area contributed by atoms with Crippen LogP contribution in [0.25, 0.3) is 0 Å². The topological polar surface area (TPSA) is 32.3 Å². The molecule has 0 aromatic carbocycles. The Morgan fingerprint density at radius 2 is 2.33 bits per heavy atom. The zero-order valence-corrected chi connectivity index (χ0v) is 9.20. The van der Waals surface area contributed by atoms with Crippen LogP contribution >= 0.6 is 0 Å². The molecule has 82 valence electrons. The zero-order valence-electron chi connectivity index (χ0n) is 9.20. The van der Waals surface area contributed by atoms with E-state index in [2.05, 4.69) is 18.5 Å². The first-order valence-corrected chi connectivity index (χ1v) is 5.16. The number of carbonyl (C=O) groups excluding carboxylic acids is 1. The number of carbonyl (C=O) groups is 1. The Balaban J connectivity index is 2.76. The van der Waals surface area contributed by atoms with Crippen LogP contribution in [0.4, 0.5) is 0 Å². The average Bonchev–Trinajstić information content (AvgIpc) is 2.25. The van der Waals surface area contributed by atoms with E-state index in [1.165, 1.54) is 0 Å². The van der Waals surface area contributed by atoms with Crippen LogP contribution in [0.15, 0.2) is 37.0 Å². The van der Waals surface area contributed by atoms with E-state index >= 15 is 0 Å². The summed E-state index contributed by atoms with van der Waals surface area (Å²) in [6.45, 7) is 11.5. The van der Waals surface area contributed by atoms with E-state index in [-0.39, 0.29) is 11.9 Å². The molecular weight excluding hydrogens is 188 g/mol. The molecule has 1 atom stereocenters. The molecule has 0 aromatic heterocycles. The van der Waals surface area contributed by atoms with Gasteiger partial charge in [-0.3, -0.25) is 4.79 Å². The number of amides is 1. The molecule has 0 bridgehead atoms. The summed E-state index contributed by atoms with van der Waals surface area (Å²) in [5, 5.41) is 3.05. The van der Waals surface area contributed by atoms with Crippen molar-refractivity contribution in [3.8, 4) is 0 Å². The lowest BCUT2D eigenvalue weighted by molar-refractivity contribution is -0.133. The Bertz CT molecular complexity index is 294. The van der Waals surface area contributed by atoms with Gasteiger partial charge in [0.25, 0.3) is 0 Å². The molecule has 15 heavy (non-hydrogen) atoms. The molecule has 1 saturated heterocycles. The van der Waals surface area contributed by atoms with Crippen molar-refractivity contribution in [3.63, 3.8) is 0 Å². The summed E-state index contributed by atoms with van der Waals surface area (Å²) in [4.78, 5) is 13.5. The summed E-state index contributed by atoms with van der Waals surface area (Å²) in [6, 6.07) is 0.0788. The first kappa shape index (κ1) is 11.7. The van der Waals surface area contributed by atoms with Gasteiger partial charge in [0, 0.05) is 13.1 Å². The highest BCUT2D eigenvalue weighted by atomic mass is 16.2. The van der Waals surface area contributed by atoms with Gasteiger partial charge in [-0.15, -0.1) is 0 Å². The van der Waals surface area contributed by atoms with Crippen LogP contribution in [0.1, 0.15) is 6.92 Å². The largest absolute Gasteiger partial charge is 0.334 e. The molecule has 1 heterocycles. The Labute approximate surface area is 91.2 Å². The lowest BCUT2D eigenvalue weighted by Gasteiger charge is -2.33. The summed E-state index contributed by atoms with van der Waals surface area (Å²) in [7, 11) is 0. The van der Waals surface area contributed by atoms with Crippen molar-refractivity contribution in [1.29, 1.82) is 0 Å². The monoisotopic (exact) mass is 206 g/mol. The molecule has 1 aliphatic heterocycles. The third-order valence-corrected chi connectivity index (χ3v) is 2.62. The molecule has 1 fully saturated rings. The van der Waals surface area contributed by atoms with Crippen LogP contribution in [-0.2, 0) is 4.79 Å². The van der Waals surface area contributed by atoms with E-state index in [0.29, 0.717) is 6.54 Å². The molecule has 0 spiro atoms. The van der Waals surface area contributed by atoms with Gasteiger partial charge in [-0.05, 0) is 12.5 Å². The highest BCUT2D eigenvalue weighted by Crippen LogP contribution is 2.13. The normalized spacial score (nSPS) is 19.9. The molecule has 0 radical (unpaired) electrons. The van der Waals surface area contributed by atoms with E-state index in [9.17, 15) is 4.79 Å². The maximum Gasteiger partial charge on any atom is 0.237 e. The highest BCUT2D eigenvalue weighted by Gasteiger charge is 2.23. The van der Waals surface area contributed by atoms with Crippen molar-refractivity contribution in [2.75, 3.05) is 19.6 Å².